The molecule has 2 nitrogen and oxygen atoms in total. The van der Waals surface area contributed by atoms with Gasteiger partial charge in [0.15, 0.2) is 0 Å². The lowest BCUT2D eigenvalue weighted by Gasteiger charge is -2.46. The zero-order valence-corrected chi connectivity index (χ0v) is 17.4. The molecule has 0 aromatic carbocycles. The Bertz CT molecular complexity index is 559. The number of allylic oxidation sites excluding steroid dienone is 4. The Kier molecular flexibility index (Phi) is 9.50. The SMILES string of the molecule is C=C/C=C\C(=C/C)N1c2cn(C)cc2CC(C)(C)C1C.CC.CC. The summed E-state index contributed by atoms with van der Waals surface area (Å²) in [6, 6.07) is 0.457. The number of hydrogen-bond acceptors (Lipinski definition) is 1. The summed E-state index contributed by atoms with van der Waals surface area (Å²) in [5.41, 5.74) is 4.26. The summed E-state index contributed by atoms with van der Waals surface area (Å²) in [5.74, 6) is 0. The normalized spacial score (nSPS) is 19.0. The topological polar surface area (TPSA) is 8.17 Å². The van der Waals surface area contributed by atoms with Crippen molar-refractivity contribution in [2.24, 2.45) is 12.5 Å². The van der Waals surface area contributed by atoms with Gasteiger partial charge in [0, 0.05) is 31.2 Å². The smallest absolute Gasteiger partial charge is 0.0625 e. The Hall–Kier alpha value is -1.70. The van der Waals surface area contributed by atoms with Crippen LogP contribution in [0.5, 0.6) is 0 Å². The third-order valence-corrected chi connectivity index (χ3v) is 4.42. The number of rotatable bonds is 3. The number of anilines is 1. The van der Waals surface area contributed by atoms with E-state index in [1.165, 1.54) is 16.9 Å². The van der Waals surface area contributed by atoms with Gasteiger partial charge in [-0.2, -0.15) is 0 Å². The maximum absolute atomic E-state index is 3.77. The summed E-state index contributed by atoms with van der Waals surface area (Å²) in [7, 11) is 2.10. The molecule has 136 valence electrons. The third kappa shape index (κ3) is 4.90. The van der Waals surface area contributed by atoms with Crippen molar-refractivity contribution in [2.75, 3.05) is 4.90 Å². The zero-order valence-electron chi connectivity index (χ0n) is 17.4. The Morgan fingerprint density at radius 3 is 2.29 bits per heavy atom. The van der Waals surface area contributed by atoms with Crippen LogP contribution in [0.3, 0.4) is 0 Å². The molecule has 0 spiro atoms. The van der Waals surface area contributed by atoms with E-state index < -0.39 is 0 Å². The lowest BCUT2D eigenvalue weighted by atomic mass is 9.75. The Balaban J connectivity index is 0.00000123. The Morgan fingerprint density at radius 2 is 1.79 bits per heavy atom. The van der Waals surface area contributed by atoms with Crippen LogP contribution in [0, 0.1) is 5.41 Å². The van der Waals surface area contributed by atoms with Gasteiger partial charge in [-0.3, -0.25) is 0 Å². The van der Waals surface area contributed by atoms with Crippen LogP contribution in [0.1, 0.15) is 61.0 Å². The van der Waals surface area contributed by atoms with Crippen LogP contribution in [0.25, 0.3) is 0 Å². The molecule has 2 heterocycles. The molecule has 1 aromatic rings. The predicted molar refractivity (Wildman–Crippen MR) is 111 cm³/mol. The highest BCUT2D eigenvalue weighted by Crippen LogP contribution is 2.43. The van der Waals surface area contributed by atoms with E-state index in [9.17, 15) is 0 Å². The largest absolute Gasteiger partial charge is 0.355 e. The summed E-state index contributed by atoms with van der Waals surface area (Å²) < 4.78 is 2.16. The minimum Gasteiger partial charge on any atom is -0.355 e. The number of aryl methyl sites for hydroxylation is 1. The van der Waals surface area contributed by atoms with Crippen molar-refractivity contribution < 1.29 is 0 Å². The van der Waals surface area contributed by atoms with Gasteiger partial charge < -0.3 is 9.47 Å². The fourth-order valence-electron chi connectivity index (χ4n) is 3.02. The van der Waals surface area contributed by atoms with Gasteiger partial charge in [0.1, 0.15) is 0 Å². The van der Waals surface area contributed by atoms with Crippen LogP contribution < -0.4 is 4.90 Å². The fraction of sp³-hybridized carbons (Fsp3) is 0.545. The number of nitrogens with zero attached hydrogens (tertiary/aromatic N) is 2. The zero-order chi connectivity index (χ0) is 18.9. The van der Waals surface area contributed by atoms with Crippen LogP contribution in [-0.4, -0.2) is 10.6 Å². The van der Waals surface area contributed by atoms with Gasteiger partial charge in [0.05, 0.1) is 5.69 Å². The van der Waals surface area contributed by atoms with Crippen molar-refractivity contribution in [3.05, 3.63) is 54.5 Å². The van der Waals surface area contributed by atoms with Crippen molar-refractivity contribution in [3.63, 3.8) is 0 Å². The van der Waals surface area contributed by atoms with E-state index in [1.807, 2.05) is 39.8 Å². The highest BCUT2D eigenvalue weighted by molar-refractivity contribution is 5.63. The molecule has 0 saturated carbocycles. The molecule has 1 unspecified atom stereocenters. The van der Waals surface area contributed by atoms with Gasteiger partial charge >= 0.3 is 0 Å². The molecule has 24 heavy (non-hydrogen) atoms. The van der Waals surface area contributed by atoms with Crippen LogP contribution in [-0.2, 0) is 13.5 Å². The molecular formula is C22H38N2. The molecule has 0 fully saturated rings. The first-order valence-corrected chi connectivity index (χ1v) is 9.30. The summed E-state index contributed by atoms with van der Waals surface area (Å²) in [6.45, 7) is 20.9. The van der Waals surface area contributed by atoms with Gasteiger partial charge in [0.2, 0.25) is 0 Å². The molecule has 1 atom stereocenters. The summed E-state index contributed by atoms with van der Waals surface area (Å²) in [4.78, 5) is 2.46. The van der Waals surface area contributed by atoms with Gasteiger partial charge in [0.25, 0.3) is 0 Å². The van der Waals surface area contributed by atoms with E-state index in [-0.39, 0.29) is 5.41 Å². The molecule has 1 aliphatic rings. The van der Waals surface area contributed by atoms with Crippen molar-refractivity contribution in [3.8, 4) is 0 Å². The monoisotopic (exact) mass is 330 g/mol. The Morgan fingerprint density at radius 1 is 1.21 bits per heavy atom. The fourth-order valence-corrected chi connectivity index (χ4v) is 3.02. The first-order valence-electron chi connectivity index (χ1n) is 9.30. The molecule has 1 aliphatic heterocycles. The molecule has 0 saturated heterocycles. The predicted octanol–water partition coefficient (Wildman–Crippen LogP) is 6.50. The highest BCUT2D eigenvalue weighted by Gasteiger charge is 2.38. The first kappa shape index (κ1) is 22.3. The standard InChI is InChI=1S/C18H26N2.2C2H6/c1-7-9-10-16(8-2)20-14(3)18(4,5)11-15-12-19(6)13-17(15)20;2*1-2/h7-10,12-14H,1,11H2,2-6H3;2*1-2H3/b10-9-,16-8+;;. The number of aromatic nitrogens is 1. The maximum Gasteiger partial charge on any atom is 0.0625 e. The molecule has 2 rings (SSSR count). The molecule has 0 radical (unpaired) electrons. The van der Waals surface area contributed by atoms with Crippen LogP contribution in [0.4, 0.5) is 5.69 Å². The van der Waals surface area contributed by atoms with Crippen molar-refractivity contribution in [1.29, 1.82) is 0 Å². The van der Waals surface area contributed by atoms with E-state index in [1.54, 1.807) is 0 Å². The second kappa shape index (κ2) is 10.2. The van der Waals surface area contributed by atoms with Gasteiger partial charge in [-0.25, -0.2) is 0 Å². The van der Waals surface area contributed by atoms with Crippen LogP contribution in [0.15, 0.2) is 49.0 Å². The van der Waals surface area contributed by atoms with E-state index in [2.05, 4.69) is 75.3 Å². The maximum atomic E-state index is 3.77. The van der Waals surface area contributed by atoms with E-state index in [4.69, 9.17) is 0 Å². The van der Waals surface area contributed by atoms with Gasteiger partial charge in [-0.05, 0) is 37.3 Å². The second-order valence-electron chi connectivity index (χ2n) is 6.35. The Labute approximate surface area is 150 Å². The van der Waals surface area contributed by atoms with Gasteiger partial charge in [-0.1, -0.05) is 66.3 Å². The van der Waals surface area contributed by atoms with E-state index >= 15 is 0 Å². The summed E-state index contributed by atoms with van der Waals surface area (Å²) in [6.07, 6.45) is 13.8. The highest BCUT2D eigenvalue weighted by atomic mass is 15.2. The summed E-state index contributed by atoms with van der Waals surface area (Å²) in [5, 5.41) is 0. The van der Waals surface area contributed by atoms with E-state index in [0.29, 0.717) is 6.04 Å². The molecular weight excluding hydrogens is 292 g/mol. The third-order valence-electron chi connectivity index (χ3n) is 4.42. The average Bonchev–Trinajstić information content (AvgIpc) is 2.93. The average molecular weight is 331 g/mol. The van der Waals surface area contributed by atoms with Crippen molar-refractivity contribution >= 4 is 5.69 Å². The van der Waals surface area contributed by atoms with Crippen LogP contribution >= 0.6 is 0 Å². The van der Waals surface area contributed by atoms with Crippen molar-refractivity contribution in [2.45, 2.75) is 67.9 Å². The molecule has 0 amide bonds. The lowest BCUT2D eigenvalue weighted by molar-refractivity contribution is 0.281. The number of hydrogen-bond donors (Lipinski definition) is 0. The molecule has 0 bridgehead atoms. The molecule has 0 aliphatic carbocycles. The first-order chi connectivity index (χ1) is 11.4. The minimum absolute atomic E-state index is 0.255. The quantitative estimate of drug-likeness (QED) is 0.574. The lowest BCUT2D eigenvalue weighted by Crippen LogP contribution is -2.47. The van der Waals surface area contributed by atoms with Crippen LogP contribution in [0.2, 0.25) is 0 Å². The molecule has 1 aromatic heterocycles. The second-order valence-corrected chi connectivity index (χ2v) is 6.35. The van der Waals surface area contributed by atoms with Gasteiger partial charge in [-0.15, -0.1) is 0 Å². The summed E-state index contributed by atoms with van der Waals surface area (Å²) >= 11 is 0. The molecule has 0 N–H and O–H groups in total. The van der Waals surface area contributed by atoms with Crippen molar-refractivity contribution in [1.82, 2.24) is 4.57 Å². The van der Waals surface area contributed by atoms with E-state index in [0.717, 1.165) is 6.42 Å². The minimum atomic E-state index is 0.255. The number of fused-ring (bicyclic) bond motifs is 1. The molecule has 2 heteroatoms.